The van der Waals surface area contributed by atoms with E-state index in [-0.39, 0.29) is 5.92 Å². The minimum atomic E-state index is -0.946. The highest BCUT2D eigenvalue weighted by Gasteiger charge is 2.39. The lowest BCUT2D eigenvalue weighted by Gasteiger charge is -2.36. The van der Waals surface area contributed by atoms with Crippen LogP contribution < -0.4 is 0 Å². The van der Waals surface area contributed by atoms with Crippen LogP contribution in [-0.2, 0) is 20.6 Å². The van der Waals surface area contributed by atoms with Crippen LogP contribution in [0, 0.1) is 5.92 Å². The van der Waals surface area contributed by atoms with Crippen molar-refractivity contribution in [3.05, 3.63) is 35.4 Å². The van der Waals surface area contributed by atoms with E-state index in [0.717, 1.165) is 19.3 Å². The van der Waals surface area contributed by atoms with Gasteiger partial charge < -0.3 is 14.2 Å². The summed E-state index contributed by atoms with van der Waals surface area (Å²) in [6.45, 7) is 4.48. The fourth-order valence-electron chi connectivity index (χ4n) is 3.58. The molecule has 2 atom stereocenters. The molecule has 0 amide bonds. The first-order chi connectivity index (χ1) is 12.5. The molecule has 3 nitrogen and oxygen atoms in total. The topological polar surface area (TPSA) is 27.7 Å². The van der Waals surface area contributed by atoms with Gasteiger partial charge in [0.1, 0.15) is 0 Å². The van der Waals surface area contributed by atoms with Gasteiger partial charge in [-0.3, -0.25) is 0 Å². The van der Waals surface area contributed by atoms with Crippen molar-refractivity contribution in [2.75, 3.05) is 21.3 Å². The third-order valence-electron chi connectivity index (χ3n) is 5.20. The van der Waals surface area contributed by atoms with E-state index < -0.39 is 5.97 Å². The molecule has 26 heavy (non-hydrogen) atoms. The molecule has 150 valence electrons. The second kappa shape index (κ2) is 13.1. The third-order valence-corrected chi connectivity index (χ3v) is 5.92. The quantitative estimate of drug-likeness (QED) is 0.130. The van der Waals surface area contributed by atoms with Gasteiger partial charge in [-0.1, -0.05) is 85.9 Å². The van der Waals surface area contributed by atoms with Crippen molar-refractivity contribution >= 4 is 22.6 Å². The molecule has 0 aliphatic carbocycles. The summed E-state index contributed by atoms with van der Waals surface area (Å²) >= 11 is 2.47. The minimum Gasteiger partial charge on any atom is -0.331 e. The van der Waals surface area contributed by atoms with E-state index in [0.29, 0.717) is 3.92 Å². The van der Waals surface area contributed by atoms with Crippen molar-refractivity contribution < 1.29 is 14.2 Å². The normalized spacial score (nSPS) is 14.4. The minimum absolute atomic E-state index is 0.213. The van der Waals surface area contributed by atoms with Crippen LogP contribution in [0.15, 0.2) is 24.3 Å². The lowest BCUT2D eigenvalue weighted by molar-refractivity contribution is -0.380. The number of unbranched alkanes of at least 4 members (excludes halogenated alkanes) is 4. The molecule has 0 aliphatic rings. The number of halogens is 1. The van der Waals surface area contributed by atoms with Gasteiger partial charge in [-0.15, -0.1) is 0 Å². The Hall–Kier alpha value is -0.170. The Bertz CT molecular complexity index is 478. The van der Waals surface area contributed by atoms with Crippen molar-refractivity contribution in [2.45, 2.75) is 75.1 Å². The molecule has 1 aromatic rings. The fourth-order valence-corrected chi connectivity index (χ4v) is 3.97. The van der Waals surface area contributed by atoms with E-state index in [9.17, 15) is 0 Å². The maximum Gasteiger partial charge on any atom is 0.285 e. The summed E-state index contributed by atoms with van der Waals surface area (Å²) in [5.41, 5.74) is 2.76. The zero-order chi connectivity index (χ0) is 19.4. The monoisotopic (exact) mass is 476 g/mol. The molecule has 0 saturated carbocycles. The van der Waals surface area contributed by atoms with Gasteiger partial charge in [0, 0.05) is 31.2 Å². The highest BCUT2D eigenvalue weighted by molar-refractivity contribution is 14.1. The molecule has 0 radical (unpaired) electrons. The molecule has 1 rings (SSSR count). The number of alkyl halides is 1. The first-order valence-corrected chi connectivity index (χ1v) is 11.2. The summed E-state index contributed by atoms with van der Waals surface area (Å²) < 4.78 is 17.6. The zero-order valence-electron chi connectivity index (χ0n) is 17.2. The van der Waals surface area contributed by atoms with Crippen molar-refractivity contribution in [2.24, 2.45) is 5.92 Å². The van der Waals surface area contributed by atoms with Crippen LogP contribution in [0.5, 0.6) is 0 Å². The molecule has 4 heteroatoms. The molecule has 1 aromatic carbocycles. The SMILES string of the molecule is CCCCCCCC(CCc1cccc(C(C)I)c1)C(OC)(OC)OC. The smallest absolute Gasteiger partial charge is 0.285 e. The van der Waals surface area contributed by atoms with Gasteiger partial charge in [-0.25, -0.2) is 0 Å². The molecule has 0 saturated heterocycles. The molecule has 2 unspecified atom stereocenters. The standard InChI is InChI=1S/C22H37IO3/c1-6-7-8-9-10-14-21(22(24-3,25-4)26-5)16-15-19-12-11-13-20(17-19)18(2)23/h11-13,17-18,21H,6-10,14-16H2,1-5H3. The molecule has 0 fully saturated rings. The molecular formula is C22H37IO3. The van der Waals surface area contributed by atoms with Crippen molar-refractivity contribution in [1.29, 1.82) is 0 Å². The highest BCUT2D eigenvalue weighted by atomic mass is 127. The largest absolute Gasteiger partial charge is 0.331 e. The molecular weight excluding hydrogens is 439 g/mol. The Labute approximate surface area is 174 Å². The van der Waals surface area contributed by atoms with Gasteiger partial charge >= 0.3 is 0 Å². The highest BCUT2D eigenvalue weighted by Crippen LogP contribution is 2.33. The number of ether oxygens (including phenoxy) is 3. The number of hydrogen-bond acceptors (Lipinski definition) is 3. The Morgan fingerprint density at radius 2 is 1.62 bits per heavy atom. The first-order valence-electron chi connectivity index (χ1n) is 9.91. The third kappa shape index (κ3) is 7.45. The van der Waals surface area contributed by atoms with Gasteiger partial charge in [0.25, 0.3) is 5.97 Å². The van der Waals surface area contributed by atoms with Crippen LogP contribution in [-0.4, -0.2) is 27.3 Å². The second-order valence-corrected chi connectivity index (χ2v) is 8.88. The molecule has 0 aliphatic heterocycles. The average molecular weight is 476 g/mol. The predicted molar refractivity (Wildman–Crippen MR) is 118 cm³/mol. The van der Waals surface area contributed by atoms with E-state index in [1.165, 1.54) is 43.2 Å². The Morgan fingerprint density at radius 3 is 2.19 bits per heavy atom. The zero-order valence-corrected chi connectivity index (χ0v) is 19.4. The summed E-state index contributed by atoms with van der Waals surface area (Å²) in [6.07, 6.45) is 9.40. The summed E-state index contributed by atoms with van der Waals surface area (Å²) in [5.74, 6) is -0.733. The van der Waals surface area contributed by atoms with Crippen molar-refractivity contribution in [1.82, 2.24) is 0 Å². The predicted octanol–water partition coefficient (Wildman–Crippen LogP) is 6.68. The summed E-state index contributed by atoms with van der Waals surface area (Å²) in [4.78, 5) is 0. The van der Waals surface area contributed by atoms with Crippen LogP contribution in [0.2, 0.25) is 0 Å². The Balaban J connectivity index is 2.76. The maximum absolute atomic E-state index is 5.68. The number of aryl methyl sites for hydroxylation is 1. The summed E-state index contributed by atoms with van der Waals surface area (Å²) in [6, 6.07) is 8.91. The van der Waals surface area contributed by atoms with Gasteiger partial charge in [0.15, 0.2) is 0 Å². The lowest BCUT2D eigenvalue weighted by Crippen LogP contribution is -2.44. The van der Waals surface area contributed by atoms with Crippen LogP contribution in [0.1, 0.15) is 73.8 Å². The van der Waals surface area contributed by atoms with Crippen LogP contribution >= 0.6 is 22.6 Å². The van der Waals surface area contributed by atoms with Gasteiger partial charge in [-0.2, -0.15) is 0 Å². The molecule has 0 N–H and O–H groups in total. The van der Waals surface area contributed by atoms with Crippen LogP contribution in [0.25, 0.3) is 0 Å². The van der Waals surface area contributed by atoms with Crippen LogP contribution in [0.4, 0.5) is 0 Å². The Morgan fingerprint density at radius 1 is 0.962 bits per heavy atom. The molecule has 0 aromatic heterocycles. The van der Waals surface area contributed by atoms with Crippen molar-refractivity contribution in [3.8, 4) is 0 Å². The fraction of sp³-hybridized carbons (Fsp3) is 0.727. The van der Waals surface area contributed by atoms with E-state index in [1.54, 1.807) is 21.3 Å². The van der Waals surface area contributed by atoms with Crippen LogP contribution in [0.3, 0.4) is 0 Å². The molecule has 0 spiro atoms. The average Bonchev–Trinajstić information content (AvgIpc) is 2.67. The second-order valence-electron chi connectivity index (χ2n) is 7.02. The van der Waals surface area contributed by atoms with E-state index >= 15 is 0 Å². The van der Waals surface area contributed by atoms with Gasteiger partial charge in [-0.05, 0) is 37.3 Å². The van der Waals surface area contributed by atoms with Crippen molar-refractivity contribution in [3.63, 3.8) is 0 Å². The van der Waals surface area contributed by atoms with E-state index in [4.69, 9.17) is 14.2 Å². The number of rotatable bonds is 14. The van der Waals surface area contributed by atoms with E-state index in [2.05, 4.69) is 60.7 Å². The first kappa shape index (κ1) is 23.9. The Kier molecular flexibility index (Phi) is 12.0. The summed E-state index contributed by atoms with van der Waals surface area (Å²) in [5, 5.41) is 0. The lowest BCUT2D eigenvalue weighted by atomic mass is 9.91. The van der Waals surface area contributed by atoms with Gasteiger partial charge in [0.2, 0.25) is 0 Å². The van der Waals surface area contributed by atoms with Gasteiger partial charge in [0.05, 0.1) is 0 Å². The maximum atomic E-state index is 5.68. The number of methoxy groups -OCH3 is 3. The number of benzene rings is 1. The molecule has 0 heterocycles. The summed E-state index contributed by atoms with van der Waals surface area (Å²) in [7, 11) is 5.03. The number of hydrogen-bond donors (Lipinski definition) is 0. The van der Waals surface area contributed by atoms with E-state index in [1.807, 2.05) is 0 Å². The molecule has 0 bridgehead atoms.